The maximum absolute atomic E-state index is 12.7. The fraction of sp³-hybridized carbons (Fsp3) is 0.300. The van der Waals surface area contributed by atoms with Crippen molar-refractivity contribution in [3.05, 3.63) is 59.7 Å². The van der Waals surface area contributed by atoms with E-state index in [1.165, 1.54) is 0 Å². The predicted octanol–water partition coefficient (Wildman–Crippen LogP) is 1.52. The van der Waals surface area contributed by atoms with E-state index < -0.39 is 0 Å². The summed E-state index contributed by atoms with van der Waals surface area (Å²) in [6, 6.07) is 14.8. The molecule has 0 spiro atoms. The van der Waals surface area contributed by atoms with Gasteiger partial charge in [-0.15, -0.1) is 0 Å². The van der Waals surface area contributed by atoms with Crippen LogP contribution >= 0.6 is 0 Å². The number of benzene rings is 2. The largest absolute Gasteiger partial charge is 0.496 e. The van der Waals surface area contributed by atoms with Crippen LogP contribution in [0, 0.1) is 0 Å². The molecule has 0 saturated carbocycles. The summed E-state index contributed by atoms with van der Waals surface area (Å²) < 4.78 is 5.42. The van der Waals surface area contributed by atoms with Gasteiger partial charge in [-0.1, -0.05) is 24.3 Å². The summed E-state index contributed by atoms with van der Waals surface area (Å²) in [4.78, 5) is 26.2. The minimum absolute atomic E-state index is 0.0288. The molecule has 0 radical (unpaired) electrons. The maximum Gasteiger partial charge on any atom is 0.321 e. The number of hydrogen-bond acceptors (Lipinski definition) is 5. The molecule has 2 heterocycles. The number of nitrogens with zero attached hydrogens (tertiary/aromatic N) is 1. The molecule has 8 nitrogen and oxygen atoms in total. The number of carbonyl (C=O) groups excluding carboxylic acids is 2. The second-order valence-corrected chi connectivity index (χ2v) is 6.78. The van der Waals surface area contributed by atoms with Crippen molar-refractivity contribution in [3.63, 3.8) is 0 Å². The Balaban J connectivity index is 1.41. The number of methoxy groups -OCH3 is 1. The molecule has 28 heavy (non-hydrogen) atoms. The summed E-state index contributed by atoms with van der Waals surface area (Å²) in [7, 11) is 1.65. The molecule has 2 aliphatic rings. The molecule has 0 bridgehead atoms. The lowest BCUT2D eigenvalue weighted by atomic mass is 10.0. The Morgan fingerprint density at radius 3 is 2.82 bits per heavy atom. The quantitative estimate of drug-likeness (QED) is 0.630. The number of nitrogens with one attached hydrogen (secondary N) is 4. The van der Waals surface area contributed by atoms with Gasteiger partial charge in [-0.3, -0.25) is 9.69 Å². The van der Waals surface area contributed by atoms with E-state index >= 15 is 0 Å². The third-order valence-corrected chi connectivity index (χ3v) is 5.00. The SMILES string of the molecule is COc1ccccc1C1CC(NC(=O)c2cccc(N3CCNC3=O)c2)NN1. The molecule has 4 N–H and O–H groups in total. The van der Waals surface area contributed by atoms with Gasteiger partial charge in [-0.25, -0.2) is 15.6 Å². The second-order valence-electron chi connectivity index (χ2n) is 6.78. The monoisotopic (exact) mass is 381 g/mol. The number of ether oxygens (including phenoxy) is 1. The molecule has 4 rings (SSSR count). The lowest BCUT2D eigenvalue weighted by Crippen LogP contribution is -2.44. The van der Waals surface area contributed by atoms with E-state index in [-0.39, 0.29) is 24.1 Å². The first kappa shape index (κ1) is 18.3. The van der Waals surface area contributed by atoms with Crippen LogP contribution in [0.5, 0.6) is 5.75 Å². The van der Waals surface area contributed by atoms with E-state index in [2.05, 4.69) is 21.5 Å². The molecule has 2 saturated heterocycles. The van der Waals surface area contributed by atoms with Gasteiger partial charge in [-0.2, -0.15) is 0 Å². The summed E-state index contributed by atoms with van der Waals surface area (Å²) >= 11 is 0. The van der Waals surface area contributed by atoms with Crippen molar-refractivity contribution in [2.24, 2.45) is 0 Å². The average molecular weight is 381 g/mol. The summed E-state index contributed by atoms with van der Waals surface area (Å²) in [6.07, 6.45) is 0.460. The molecule has 146 valence electrons. The van der Waals surface area contributed by atoms with Crippen LogP contribution in [-0.4, -0.2) is 38.3 Å². The van der Waals surface area contributed by atoms with Crippen LogP contribution in [-0.2, 0) is 0 Å². The molecule has 3 amide bonds. The number of hydrazine groups is 1. The summed E-state index contributed by atoms with van der Waals surface area (Å²) in [5, 5.41) is 5.75. The van der Waals surface area contributed by atoms with Gasteiger partial charge in [-0.05, 0) is 24.3 Å². The average Bonchev–Trinajstić information content (AvgIpc) is 3.37. The molecule has 0 aromatic heterocycles. The third-order valence-electron chi connectivity index (χ3n) is 5.00. The standard InChI is InChI=1S/C20H23N5O3/c1-28-17-8-3-2-7-15(17)16-12-18(24-23-16)22-19(26)13-5-4-6-14(11-13)25-10-9-21-20(25)27/h2-8,11,16,18,23-24H,9-10,12H2,1H3,(H,21,27)(H,22,26). The number of hydrogen-bond donors (Lipinski definition) is 4. The number of rotatable bonds is 5. The first-order valence-corrected chi connectivity index (χ1v) is 9.26. The van der Waals surface area contributed by atoms with E-state index in [1.54, 1.807) is 30.2 Å². The van der Waals surface area contributed by atoms with Gasteiger partial charge in [0.05, 0.1) is 19.3 Å². The summed E-state index contributed by atoms with van der Waals surface area (Å²) in [6.45, 7) is 1.20. The van der Waals surface area contributed by atoms with Gasteiger partial charge in [0.15, 0.2) is 0 Å². The molecule has 2 unspecified atom stereocenters. The van der Waals surface area contributed by atoms with Gasteiger partial charge in [0.1, 0.15) is 5.75 Å². The normalized spacial score (nSPS) is 21.5. The number of carbonyl (C=O) groups is 2. The minimum Gasteiger partial charge on any atom is -0.496 e. The van der Waals surface area contributed by atoms with Gasteiger partial charge in [0.25, 0.3) is 5.91 Å². The Kier molecular flexibility index (Phi) is 5.14. The molecule has 8 heteroatoms. The Bertz CT molecular complexity index is 888. The Labute approximate surface area is 163 Å². The first-order valence-electron chi connectivity index (χ1n) is 9.26. The van der Waals surface area contributed by atoms with Crippen molar-refractivity contribution in [3.8, 4) is 5.75 Å². The predicted molar refractivity (Wildman–Crippen MR) is 105 cm³/mol. The smallest absolute Gasteiger partial charge is 0.321 e. The van der Waals surface area contributed by atoms with Crippen LogP contribution in [0.25, 0.3) is 0 Å². The van der Waals surface area contributed by atoms with Crippen molar-refractivity contribution in [1.29, 1.82) is 0 Å². The number of urea groups is 1. The van der Waals surface area contributed by atoms with Crippen molar-refractivity contribution in [2.75, 3.05) is 25.1 Å². The van der Waals surface area contributed by atoms with Gasteiger partial charge in [0, 0.05) is 36.3 Å². The minimum atomic E-state index is -0.221. The van der Waals surface area contributed by atoms with E-state index in [0.29, 0.717) is 30.8 Å². The first-order chi connectivity index (χ1) is 13.7. The number of para-hydroxylation sites is 1. The topological polar surface area (TPSA) is 94.7 Å². The van der Waals surface area contributed by atoms with Gasteiger partial charge >= 0.3 is 6.03 Å². The van der Waals surface area contributed by atoms with Crippen molar-refractivity contribution in [1.82, 2.24) is 21.5 Å². The van der Waals surface area contributed by atoms with Crippen molar-refractivity contribution < 1.29 is 14.3 Å². The molecule has 2 aliphatic heterocycles. The Morgan fingerprint density at radius 2 is 2.04 bits per heavy atom. The highest BCUT2D eigenvalue weighted by Crippen LogP contribution is 2.29. The Morgan fingerprint density at radius 1 is 1.18 bits per heavy atom. The molecule has 2 fully saturated rings. The van der Waals surface area contributed by atoms with Gasteiger partial charge in [0.2, 0.25) is 0 Å². The molecular formula is C20H23N5O3. The van der Waals surface area contributed by atoms with Crippen LogP contribution in [0.3, 0.4) is 0 Å². The maximum atomic E-state index is 12.7. The lowest BCUT2D eigenvalue weighted by molar-refractivity contribution is 0.0932. The molecule has 0 aliphatic carbocycles. The van der Waals surface area contributed by atoms with Crippen molar-refractivity contribution >= 4 is 17.6 Å². The van der Waals surface area contributed by atoms with Crippen LogP contribution in [0.2, 0.25) is 0 Å². The highest BCUT2D eigenvalue weighted by atomic mass is 16.5. The van der Waals surface area contributed by atoms with E-state index in [0.717, 1.165) is 11.3 Å². The zero-order valence-corrected chi connectivity index (χ0v) is 15.6. The summed E-state index contributed by atoms with van der Waals surface area (Å²) in [5.41, 5.74) is 8.60. The second kappa shape index (κ2) is 7.87. The van der Waals surface area contributed by atoms with E-state index in [4.69, 9.17) is 4.74 Å². The lowest BCUT2D eigenvalue weighted by Gasteiger charge is -2.16. The highest BCUT2D eigenvalue weighted by Gasteiger charge is 2.28. The molecule has 2 aromatic carbocycles. The van der Waals surface area contributed by atoms with Crippen LogP contribution in [0.4, 0.5) is 10.5 Å². The number of amides is 3. The molecule has 2 aromatic rings. The highest BCUT2D eigenvalue weighted by molar-refractivity contribution is 5.98. The number of anilines is 1. The zero-order valence-electron chi connectivity index (χ0n) is 15.6. The Hall–Kier alpha value is -3.10. The van der Waals surface area contributed by atoms with Crippen LogP contribution in [0.15, 0.2) is 48.5 Å². The van der Waals surface area contributed by atoms with Gasteiger partial charge < -0.3 is 15.4 Å². The van der Waals surface area contributed by atoms with Crippen LogP contribution < -0.4 is 31.1 Å². The fourth-order valence-electron chi connectivity index (χ4n) is 3.58. The van der Waals surface area contributed by atoms with E-state index in [1.807, 2.05) is 30.3 Å². The molecular weight excluding hydrogens is 358 g/mol. The fourth-order valence-corrected chi connectivity index (χ4v) is 3.58. The summed E-state index contributed by atoms with van der Waals surface area (Å²) in [5.74, 6) is 0.617. The van der Waals surface area contributed by atoms with E-state index in [9.17, 15) is 9.59 Å². The zero-order chi connectivity index (χ0) is 19.5. The molecule has 2 atom stereocenters. The van der Waals surface area contributed by atoms with Crippen molar-refractivity contribution in [2.45, 2.75) is 18.6 Å². The third kappa shape index (κ3) is 3.64. The van der Waals surface area contributed by atoms with Crippen LogP contribution in [0.1, 0.15) is 28.4 Å².